The van der Waals surface area contributed by atoms with E-state index in [-0.39, 0.29) is 5.92 Å². The molecule has 0 spiro atoms. The summed E-state index contributed by atoms with van der Waals surface area (Å²) in [5.41, 5.74) is 0.783. The third-order valence-corrected chi connectivity index (χ3v) is 3.15. The smallest absolute Gasteiger partial charge is 0.311 e. The number of nitrogens with zero attached hydrogens (tertiary/aromatic N) is 2. The van der Waals surface area contributed by atoms with Crippen molar-refractivity contribution in [2.24, 2.45) is 5.92 Å². The number of hydrogen-bond donors (Lipinski definition) is 1. The van der Waals surface area contributed by atoms with Crippen LogP contribution in [0.3, 0.4) is 0 Å². The van der Waals surface area contributed by atoms with Crippen molar-refractivity contribution >= 4 is 5.97 Å². The Morgan fingerprint density at radius 1 is 1.47 bits per heavy atom. The largest absolute Gasteiger partial charge is 0.481 e. The molecule has 1 aromatic heterocycles. The molecule has 104 valence electrons. The first-order valence-corrected chi connectivity index (χ1v) is 6.75. The number of unbranched alkanes of at least 4 members (excludes halogenated alkanes) is 3. The van der Waals surface area contributed by atoms with Gasteiger partial charge in [-0.25, -0.2) is 0 Å². The fraction of sp³-hybridized carbons (Fsp3) is 0.600. The molecule has 4 nitrogen and oxygen atoms in total. The minimum absolute atomic E-state index is 0.0609. The standard InChI is InChI=1S/C15H22N2O2/c1-4-5-6-7-8-9-17-11-13(10-16-17)14(12(2)3)15(18)19/h1,10-12,14H,5-9H2,2-3H3,(H,18,19). The second-order valence-corrected chi connectivity index (χ2v) is 5.11. The van der Waals surface area contributed by atoms with Gasteiger partial charge in [0.15, 0.2) is 0 Å². The zero-order chi connectivity index (χ0) is 14.3. The zero-order valence-electron chi connectivity index (χ0n) is 11.7. The van der Waals surface area contributed by atoms with Crippen LogP contribution in [0.25, 0.3) is 0 Å². The SMILES string of the molecule is C#CCCCCCn1cc(C(C(=O)O)C(C)C)cn1. The molecule has 1 rings (SSSR count). The lowest BCUT2D eigenvalue weighted by molar-refractivity contribution is -0.139. The number of aliphatic carboxylic acids is 1. The number of aromatic nitrogens is 2. The first-order valence-electron chi connectivity index (χ1n) is 6.75. The third kappa shape index (κ3) is 4.78. The molecule has 0 saturated heterocycles. The fourth-order valence-electron chi connectivity index (χ4n) is 2.15. The van der Waals surface area contributed by atoms with E-state index < -0.39 is 11.9 Å². The Balaban J connectivity index is 2.52. The molecule has 0 amide bonds. The van der Waals surface area contributed by atoms with E-state index in [1.54, 1.807) is 6.20 Å². The summed E-state index contributed by atoms with van der Waals surface area (Å²) in [6.07, 6.45) is 12.7. The number of terminal acetylenes is 1. The molecular weight excluding hydrogens is 240 g/mol. The van der Waals surface area contributed by atoms with Crippen LogP contribution in [0.1, 0.15) is 51.0 Å². The lowest BCUT2D eigenvalue weighted by Gasteiger charge is -2.13. The fourth-order valence-corrected chi connectivity index (χ4v) is 2.15. The molecule has 0 fully saturated rings. The predicted octanol–water partition coefficient (Wildman–Crippen LogP) is 2.90. The topological polar surface area (TPSA) is 55.1 Å². The summed E-state index contributed by atoms with van der Waals surface area (Å²) >= 11 is 0. The Labute approximate surface area is 114 Å². The molecule has 1 aromatic rings. The molecule has 0 aliphatic carbocycles. The predicted molar refractivity (Wildman–Crippen MR) is 74.7 cm³/mol. The Morgan fingerprint density at radius 2 is 2.21 bits per heavy atom. The number of rotatable bonds is 8. The summed E-state index contributed by atoms with van der Waals surface area (Å²) in [5, 5.41) is 13.5. The van der Waals surface area contributed by atoms with E-state index in [1.165, 1.54) is 0 Å². The van der Waals surface area contributed by atoms with E-state index in [9.17, 15) is 9.90 Å². The molecule has 0 aliphatic rings. The first-order chi connectivity index (χ1) is 9.06. The maximum atomic E-state index is 11.2. The highest BCUT2D eigenvalue weighted by molar-refractivity contribution is 5.76. The van der Waals surface area contributed by atoms with Crippen LogP contribution in [0.15, 0.2) is 12.4 Å². The molecule has 19 heavy (non-hydrogen) atoms. The minimum Gasteiger partial charge on any atom is -0.481 e. The van der Waals surface area contributed by atoms with E-state index in [0.717, 1.165) is 37.8 Å². The van der Waals surface area contributed by atoms with Gasteiger partial charge in [-0.1, -0.05) is 20.3 Å². The molecular formula is C15H22N2O2. The van der Waals surface area contributed by atoms with Crippen molar-refractivity contribution in [2.45, 2.75) is 52.0 Å². The van der Waals surface area contributed by atoms with Crippen molar-refractivity contribution < 1.29 is 9.90 Å². The number of hydrogen-bond acceptors (Lipinski definition) is 2. The van der Waals surface area contributed by atoms with Crippen LogP contribution < -0.4 is 0 Å². The van der Waals surface area contributed by atoms with Gasteiger partial charge in [-0.15, -0.1) is 12.3 Å². The highest BCUT2D eigenvalue weighted by Crippen LogP contribution is 2.24. The Morgan fingerprint density at radius 3 is 2.79 bits per heavy atom. The quantitative estimate of drug-likeness (QED) is 0.579. The average molecular weight is 262 g/mol. The Hall–Kier alpha value is -1.76. The molecule has 0 aliphatic heterocycles. The monoisotopic (exact) mass is 262 g/mol. The zero-order valence-corrected chi connectivity index (χ0v) is 11.7. The van der Waals surface area contributed by atoms with E-state index >= 15 is 0 Å². The van der Waals surface area contributed by atoms with Crippen LogP contribution >= 0.6 is 0 Å². The second kappa shape index (κ2) is 7.63. The second-order valence-electron chi connectivity index (χ2n) is 5.11. The van der Waals surface area contributed by atoms with E-state index in [2.05, 4.69) is 11.0 Å². The summed E-state index contributed by atoms with van der Waals surface area (Å²) in [7, 11) is 0. The van der Waals surface area contributed by atoms with Crippen LogP contribution in [0.5, 0.6) is 0 Å². The Bertz CT molecular complexity index is 443. The van der Waals surface area contributed by atoms with Crippen LogP contribution in [0, 0.1) is 18.3 Å². The number of aryl methyl sites for hydroxylation is 1. The van der Waals surface area contributed by atoms with Crippen LogP contribution in [0.4, 0.5) is 0 Å². The van der Waals surface area contributed by atoms with Crippen molar-refractivity contribution in [3.8, 4) is 12.3 Å². The third-order valence-electron chi connectivity index (χ3n) is 3.15. The highest BCUT2D eigenvalue weighted by Gasteiger charge is 2.24. The normalized spacial score (nSPS) is 12.3. The van der Waals surface area contributed by atoms with E-state index in [0.29, 0.717) is 0 Å². The van der Waals surface area contributed by atoms with E-state index in [4.69, 9.17) is 6.42 Å². The van der Waals surface area contributed by atoms with E-state index in [1.807, 2.05) is 24.7 Å². The maximum Gasteiger partial charge on any atom is 0.311 e. The van der Waals surface area contributed by atoms with Gasteiger partial charge < -0.3 is 5.11 Å². The molecule has 1 unspecified atom stereocenters. The molecule has 0 saturated carbocycles. The Kier molecular flexibility index (Phi) is 6.14. The molecule has 0 aromatic carbocycles. The number of carboxylic acids is 1. The van der Waals surface area contributed by atoms with Crippen LogP contribution in [0.2, 0.25) is 0 Å². The number of carbonyl (C=O) groups is 1. The number of carboxylic acid groups (broad SMARTS) is 1. The molecule has 0 radical (unpaired) electrons. The summed E-state index contributed by atoms with van der Waals surface area (Å²) < 4.78 is 1.82. The van der Waals surface area contributed by atoms with Gasteiger partial charge in [0.1, 0.15) is 0 Å². The summed E-state index contributed by atoms with van der Waals surface area (Å²) in [5.74, 6) is 1.42. The first kappa shape index (κ1) is 15.3. The van der Waals surface area contributed by atoms with Gasteiger partial charge in [0.05, 0.1) is 12.1 Å². The van der Waals surface area contributed by atoms with Crippen molar-refractivity contribution in [1.29, 1.82) is 0 Å². The van der Waals surface area contributed by atoms with Crippen molar-refractivity contribution in [1.82, 2.24) is 9.78 Å². The van der Waals surface area contributed by atoms with Gasteiger partial charge in [0, 0.05) is 24.7 Å². The molecule has 4 heteroatoms. The maximum absolute atomic E-state index is 11.2. The lowest BCUT2D eigenvalue weighted by Crippen LogP contribution is -2.16. The van der Waals surface area contributed by atoms with Gasteiger partial charge in [0.2, 0.25) is 0 Å². The van der Waals surface area contributed by atoms with Crippen LogP contribution in [-0.2, 0) is 11.3 Å². The van der Waals surface area contributed by atoms with Gasteiger partial charge in [0.25, 0.3) is 0 Å². The molecule has 1 heterocycles. The van der Waals surface area contributed by atoms with Gasteiger partial charge in [-0.05, 0) is 18.8 Å². The summed E-state index contributed by atoms with van der Waals surface area (Å²) in [6.45, 7) is 4.64. The van der Waals surface area contributed by atoms with Crippen molar-refractivity contribution in [3.05, 3.63) is 18.0 Å². The van der Waals surface area contributed by atoms with Gasteiger partial charge >= 0.3 is 5.97 Å². The average Bonchev–Trinajstić information content (AvgIpc) is 2.76. The summed E-state index contributed by atoms with van der Waals surface area (Å²) in [6, 6.07) is 0. The molecule has 1 atom stereocenters. The lowest BCUT2D eigenvalue weighted by atomic mass is 9.91. The molecule has 0 bridgehead atoms. The van der Waals surface area contributed by atoms with Crippen molar-refractivity contribution in [2.75, 3.05) is 0 Å². The van der Waals surface area contributed by atoms with Gasteiger partial charge in [-0.2, -0.15) is 5.10 Å². The van der Waals surface area contributed by atoms with Crippen LogP contribution in [-0.4, -0.2) is 20.9 Å². The molecule has 1 N–H and O–H groups in total. The van der Waals surface area contributed by atoms with Gasteiger partial charge in [-0.3, -0.25) is 9.48 Å². The summed E-state index contributed by atoms with van der Waals surface area (Å²) in [4.78, 5) is 11.2. The minimum atomic E-state index is -0.788. The highest BCUT2D eigenvalue weighted by atomic mass is 16.4. The van der Waals surface area contributed by atoms with Crippen molar-refractivity contribution in [3.63, 3.8) is 0 Å².